The van der Waals surface area contributed by atoms with Gasteiger partial charge in [-0.1, -0.05) is 66.7 Å². The molecule has 23 heavy (non-hydrogen) atoms. The molecule has 0 saturated carbocycles. The van der Waals surface area contributed by atoms with Gasteiger partial charge < -0.3 is 0 Å². The third-order valence-electron chi connectivity index (χ3n) is 3.12. The molecule has 0 amide bonds. The standard InChI is InChI=1S/C20H15N3/c1-4-10-17(11-5-1)20(16-21-18-12-6-2-7-13-18)23-22-19-14-8-3-9-15-19/h1-15H. The monoisotopic (exact) mass is 297 g/mol. The molecule has 3 aromatic carbocycles. The Hall–Kier alpha value is -3.29. The van der Waals surface area contributed by atoms with Gasteiger partial charge in [0.15, 0.2) is 5.70 Å². The number of nitrogens with zero attached hydrogens (tertiary/aromatic N) is 3. The lowest BCUT2D eigenvalue weighted by atomic mass is 10.2. The van der Waals surface area contributed by atoms with Gasteiger partial charge in [0.1, 0.15) is 0 Å². The summed E-state index contributed by atoms with van der Waals surface area (Å²) in [4.78, 5) is 4.35. The van der Waals surface area contributed by atoms with Gasteiger partial charge in [-0.25, -0.2) is 4.99 Å². The molecular weight excluding hydrogens is 282 g/mol. The molecule has 0 aromatic heterocycles. The van der Waals surface area contributed by atoms with Crippen molar-refractivity contribution in [3.8, 4) is 0 Å². The average molecular weight is 297 g/mol. The van der Waals surface area contributed by atoms with Crippen LogP contribution in [0.4, 0.5) is 11.4 Å². The summed E-state index contributed by atoms with van der Waals surface area (Å²) in [5, 5.41) is 8.58. The maximum absolute atomic E-state index is 4.35. The Kier molecular flexibility index (Phi) is 4.86. The predicted molar refractivity (Wildman–Crippen MR) is 94.3 cm³/mol. The molecule has 0 aliphatic rings. The van der Waals surface area contributed by atoms with Crippen LogP contribution in [0.5, 0.6) is 0 Å². The van der Waals surface area contributed by atoms with Crippen molar-refractivity contribution in [1.29, 1.82) is 0 Å². The molecule has 0 unspecified atom stereocenters. The molecular formula is C20H15N3. The van der Waals surface area contributed by atoms with Gasteiger partial charge >= 0.3 is 0 Å². The van der Waals surface area contributed by atoms with Crippen LogP contribution in [0, 0.1) is 0 Å². The summed E-state index contributed by atoms with van der Waals surface area (Å²) in [5.74, 6) is 3.00. The number of hydrogen-bond donors (Lipinski definition) is 0. The van der Waals surface area contributed by atoms with Crippen molar-refractivity contribution in [2.24, 2.45) is 15.2 Å². The van der Waals surface area contributed by atoms with E-state index in [1.165, 1.54) is 0 Å². The number of rotatable bonds is 4. The molecule has 0 bridgehead atoms. The molecule has 0 saturated heterocycles. The first-order chi connectivity index (χ1) is 11.4. The summed E-state index contributed by atoms with van der Waals surface area (Å²) in [6.45, 7) is 0. The lowest BCUT2D eigenvalue weighted by Gasteiger charge is -1.97. The van der Waals surface area contributed by atoms with Gasteiger partial charge in [-0.15, -0.1) is 10.2 Å². The summed E-state index contributed by atoms with van der Waals surface area (Å²) in [7, 11) is 0. The molecule has 110 valence electrons. The topological polar surface area (TPSA) is 37.1 Å². The van der Waals surface area contributed by atoms with Crippen LogP contribution in [-0.4, -0.2) is 5.87 Å². The molecule has 0 atom stereocenters. The van der Waals surface area contributed by atoms with Crippen molar-refractivity contribution in [3.05, 3.63) is 96.6 Å². The van der Waals surface area contributed by atoms with Gasteiger partial charge in [-0.2, -0.15) is 0 Å². The summed E-state index contributed by atoms with van der Waals surface area (Å²) >= 11 is 0. The summed E-state index contributed by atoms with van der Waals surface area (Å²) < 4.78 is 0. The van der Waals surface area contributed by atoms with Gasteiger partial charge in [-0.05, 0) is 24.3 Å². The molecule has 0 N–H and O–H groups in total. The fourth-order valence-corrected chi connectivity index (χ4v) is 1.96. The molecule has 0 heterocycles. The minimum absolute atomic E-state index is 0.596. The van der Waals surface area contributed by atoms with Crippen LogP contribution in [0.15, 0.2) is 106 Å². The Balaban J connectivity index is 1.98. The molecule has 0 aliphatic heterocycles. The Morgan fingerprint density at radius 3 is 1.74 bits per heavy atom. The van der Waals surface area contributed by atoms with E-state index in [1.54, 1.807) is 0 Å². The Labute approximate surface area is 135 Å². The van der Waals surface area contributed by atoms with Crippen LogP contribution >= 0.6 is 0 Å². The summed E-state index contributed by atoms with van der Waals surface area (Å²) in [6, 6.07) is 29.1. The van der Waals surface area contributed by atoms with Gasteiger partial charge in [0.2, 0.25) is 0 Å². The normalized spacial score (nSPS) is 10.3. The fraction of sp³-hybridized carbons (Fsp3) is 0. The smallest absolute Gasteiger partial charge is 0.154 e. The van der Waals surface area contributed by atoms with Gasteiger partial charge in [0, 0.05) is 11.4 Å². The van der Waals surface area contributed by atoms with E-state index < -0.39 is 0 Å². The first kappa shape index (κ1) is 14.6. The highest BCUT2D eigenvalue weighted by Gasteiger charge is 1.99. The number of hydrogen-bond acceptors (Lipinski definition) is 3. The zero-order valence-corrected chi connectivity index (χ0v) is 12.5. The molecule has 0 radical (unpaired) electrons. The molecule has 3 aromatic rings. The van der Waals surface area contributed by atoms with E-state index >= 15 is 0 Å². The summed E-state index contributed by atoms with van der Waals surface area (Å²) in [5.41, 5.74) is 3.14. The van der Waals surface area contributed by atoms with Gasteiger partial charge in [0.25, 0.3) is 0 Å². The van der Waals surface area contributed by atoms with Crippen molar-refractivity contribution in [1.82, 2.24) is 0 Å². The number of para-hydroxylation sites is 1. The van der Waals surface area contributed by atoms with Crippen molar-refractivity contribution in [2.45, 2.75) is 0 Å². The van der Waals surface area contributed by atoms with E-state index in [0.717, 1.165) is 16.9 Å². The minimum Gasteiger partial charge on any atom is -0.204 e. The minimum atomic E-state index is 0.596. The van der Waals surface area contributed by atoms with Crippen molar-refractivity contribution in [2.75, 3.05) is 0 Å². The van der Waals surface area contributed by atoms with E-state index in [9.17, 15) is 0 Å². The van der Waals surface area contributed by atoms with E-state index in [2.05, 4.69) is 21.1 Å². The second-order valence-corrected chi connectivity index (χ2v) is 4.81. The largest absolute Gasteiger partial charge is 0.204 e. The quantitative estimate of drug-likeness (QED) is 0.430. The Morgan fingerprint density at radius 2 is 1.13 bits per heavy atom. The Morgan fingerprint density at radius 1 is 0.609 bits per heavy atom. The highest BCUT2D eigenvalue weighted by atomic mass is 15.1. The SMILES string of the molecule is C(=Nc1ccccc1)=C(N=Nc1ccccc1)c1ccccc1. The first-order valence-electron chi connectivity index (χ1n) is 7.33. The second-order valence-electron chi connectivity index (χ2n) is 4.81. The molecule has 0 fully saturated rings. The number of benzene rings is 3. The van der Waals surface area contributed by atoms with E-state index in [1.807, 2.05) is 91.0 Å². The average Bonchev–Trinajstić information content (AvgIpc) is 2.64. The molecule has 0 aliphatic carbocycles. The lowest BCUT2D eigenvalue weighted by Crippen LogP contribution is -1.80. The molecule has 3 rings (SSSR count). The maximum Gasteiger partial charge on any atom is 0.154 e. The second kappa shape index (κ2) is 7.64. The molecule has 3 heteroatoms. The van der Waals surface area contributed by atoms with Gasteiger partial charge in [-0.3, -0.25) is 0 Å². The summed E-state index contributed by atoms with van der Waals surface area (Å²) in [6.07, 6.45) is 0. The first-order valence-corrected chi connectivity index (χ1v) is 7.33. The maximum atomic E-state index is 4.35. The third-order valence-corrected chi connectivity index (χ3v) is 3.12. The van der Waals surface area contributed by atoms with Crippen LogP contribution in [0.25, 0.3) is 5.70 Å². The zero-order chi connectivity index (χ0) is 15.7. The zero-order valence-electron chi connectivity index (χ0n) is 12.5. The van der Waals surface area contributed by atoms with Gasteiger partial charge in [0.05, 0.1) is 11.4 Å². The Bertz CT molecular complexity index is 832. The van der Waals surface area contributed by atoms with Crippen LogP contribution in [0.1, 0.15) is 5.56 Å². The van der Waals surface area contributed by atoms with Crippen LogP contribution < -0.4 is 0 Å². The molecule has 0 spiro atoms. The third kappa shape index (κ3) is 4.34. The van der Waals surface area contributed by atoms with Crippen molar-refractivity contribution in [3.63, 3.8) is 0 Å². The van der Waals surface area contributed by atoms with E-state index in [4.69, 9.17) is 0 Å². The predicted octanol–water partition coefficient (Wildman–Crippen LogP) is 5.81. The lowest BCUT2D eigenvalue weighted by molar-refractivity contribution is 1.25. The van der Waals surface area contributed by atoms with Crippen LogP contribution in [0.3, 0.4) is 0 Å². The van der Waals surface area contributed by atoms with E-state index in [0.29, 0.717) is 5.70 Å². The fourth-order valence-electron chi connectivity index (χ4n) is 1.96. The van der Waals surface area contributed by atoms with Crippen molar-refractivity contribution >= 4 is 22.9 Å². The highest BCUT2D eigenvalue weighted by molar-refractivity contribution is 5.90. The van der Waals surface area contributed by atoms with Crippen LogP contribution in [0.2, 0.25) is 0 Å². The molecule has 3 nitrogen and oxygen atoms in total. The highest BCUT2D eigenvalue weighted by Crippen LogP contribution is 2.18. The van der Waals surface area contributed by atoms with E-state index in [-0.39, 0.29) is 0 Å². The van der Waals surface area contributed by atoms with Crippen LogP contribution in [-0.2, 0) is 0 Å². The number of aliphatic imine (C=N–C) groups is 1. The number of azo groups is 1. The van der Waals surface area contributed by atoms with Crippen molar-refractivity contribution < 1.29 is 0 Å².